The van der Waals surface area contributed by atoms with E-state index in [1.54, 1.807) is 0 Å². The third kappa shape index (κ3) is 2.50. The molecule has 88 valence electrons. The van der Waals surface area contributed by atoms with Gasteiger partial charge in [0, 0.05) is 12.1 Å². The van der Waals surface area contributed by atoms with Crippen LogP contribution in [0, 0.1) is 0 Å². The lowest BCUT2D eigenvalue weighted by Gasteiger charge is -2.29. The van der Waals surface area contributed by atoms with Gasteiger partial charge in [-0.25, -0.2) is 0 Å². The monoisotopic (exact) mass is 214 g/mol. The normalized spacial score (nSPS) is 42.0. The molecule has 2 saturated heterocycles. The van der Waals surface area contributed by atoms with Crippen LogP contribution in [0.4, 0.5) is 0 Å². The van der Waals surface area contributed by atoms with E-state index in [9.17, 15) is 0 Å². The molecule has 0 aliphatic carbocycles. The zero-order valence-corrected chi connectivity index (χ0v) is 9.82. The second-order valence-corrected chi connectivity index (χ2v) is 4.44. The van der Waals surface area contributed by atoms with E-state index in [0.717, 1.165) is 46.2 Å². The molecule has 2 bridgehead atoms. The standard InChI is InChI=1S/C11H22N2O2/c1-3-10-5-14-9-13-7-12(10)8-15-6-11(13)4-2/h10-11H,3-9H2,1-2H3/t10-,11-/m0/s1. The molecule has 2 heterocycles. The van der Waals surface area contributed by atoms with E-state index in [4.69, 9.17) is 9.47 Å². The highest BCUT2D eigenvalue weighted by Gasteiger charge is 2.30. The van der Waals surface area contributed by atoms with Gasteiger partial charge in [-0.05, 0) is 12.8 Å². The fourth-order valence-corrected chi connectivity index (χ4v) is 2.33. The molecule has 0 amide bonds. The van der Waals surface area contributed by atoms with Crippen LogP contribution >= 0.6 is 0 Å². The summed E-state index contributed by atoms with van der Waals surface area (Å²) < 4.78 is 11.5. The molecule has 0 N–H and O–H groups in total. The zero-order valence-electron chi connectivity index (χ0n) is 9.82. The van der Waals surface area contributed by atoms with Gasteiger partial charge in [0.1, 0.15) is 13.5 Å². The van der Waals surface area contributed by atoms with Gasteiger partial charge in [-0.15, -0.1) is 0 Å². The summed E-state index contributed by atoms with van der Waals surface area (Å²) in [6.45, 7) is 8.62. The summed E-state index contributed by atoms with van der Waals surface area (Å²) in [6, 6.07) is 1.04. The van der Waals surface area contributed by atoms with Crippen LogP contribution in [-0.4, -0.2) is 55.2 Å². The van der Waals surface area contributed by atoms with Crippen LogP contribution in [0.1, 0.15) is 26.7 Å². The molecule has 2 aliphatic rings. The lowest BCUT2D eigenvalue weighted by atomic mass is 10.2. The Bertz CT molecular complexity index is 181. The lowest BCUT2D eigenvalue weighted by Crippen LogP contribution is -2.43. The predicted octanol–water partition coefficient (Wildman–Crippen LogP) is 1.08. The van der Waals surface area contributed by atoms with Gasteiger partial charge in [-0.3, -0.25) is 9.80 Å². The highest BCUT2D eigenvalue weighted by atomic mass is 16.5. The summed E-state index contributed by atoms with van der Waals surface area (Å²) in [4.78, 5) is 4.78. The van der Waals surface area contributed by atoms with Crippen molar-refractivity contribution in [1.29, 1.82) is 0 Å². The summed E-state index contributed by atoms with van der Waals surface area (Å²) >= 11 is 0. The predicted molar refractivity (Wildman–Crippen MR) is 58.3 cm³/mol. The Balaban J connectivity index is 2.05. The first-order chi connectivity index (χ1) is 7.35. The van der Waals surface area contributed by atoms with E-state index in [0.29, 0.717) is 12.1 Å². The molecule has 0 radical (unpaired) electrons. The van der Waals surface area contributed by atoms with E-state index >= 15 is 0 Å². The van der Waals surface area contributed by atoms with Gasteiger partial charge in [0.05, 0.1) is 19.9 Å². The molecule has 0 saturated carbocycles. The van der Waals surface area contributed by atoms with Gasteiger partial charge in [-0.2, -0.15) is 0 Å². The van der Waals surface area contributed by atoms with Crippen LogP contribution in [0.3, 0.4) is 0 Å². The van der Waals surface area contributed by atoms with Crippen molar-refractivity contribution in [3.63, 3.8) is 0 Å². The molecule has 4 nitrogen and oxygen atoms in total. The van der Waals surface area contributed by atoms with Crippen molar-refractivity contribution in [2.24, 2.45) is 0 Å². The molecule has 2 aliphatic heterocycles. The van der Waals surface area contributed by atoms with E-state index in [1.165, 1.54) is 0 Å². The molecular formula is C11H22N2O2. The number of fused-ring (bicyclic) bond motifs is 2. The van der Waals surface area contributed by atoms with Crippen molar-refractivity contribution >= 4 is 0 Å². The van der Waals surface area contributed by atoms with E-state index in [2.05, 4.69) is 23.6 Å². The number of nitrogens with zero attached hydrogens (tertiary/aromatic N) is 2. The minimum Gasteiger partial charge on any atom is -0.364 e. The molecule has 4 atom stereocenters. The van der Waals surface area contributed by atoms with Crippen molar-refractivity contribution in [2.75, 3.05) is 33.3 Å². The van der Waals surface area contributed by atoms with Crippen molar-refractivity contribution in [1.82, 2.24) is 9.80 Å². The SMILES string of the molecule is CC[C@H]1COCN2CN1COC[C@@H]2CC. The molecule has 0 aromatic heterocycles. The summed E-state index contributed by atoms with van der Waals surface area (Å²) in [5, 5.41) is 0. The van der Waals surface area contributed by atoms with Crippen LogP contribution in [0.25, 0.3) is 0 Å². The van der Waals surface area contributed by atoms with Gasteiger partial charge in [0.15, 0.2) is 0 Å². The molecule has 0 spiro atoms. The smallest absolute Gasteiger partial charge is 0.100 e. The van der Waals surface area contributed by atoms with Gasteiger partial charge in [0.25, 0.3) is 0 Å². The summed E-state index contributed by atoms with van der Waals surface area (Å²) in [5.74, 6) is 0. The zero-order chi connectivity index (χ0) is 10.7. The third-order valence-electron chi connectivity index (χ3n) is 3.47. The quantitative estimate of drug-likeness (QED) is 0.687. The number of rotatable bonds is 2. The maximum atomic E-state index is 5.73. The minimum atomic E-state index is 0.519. The molecule has 2 unspecified atom stereocenters. The Hall–Kier alpha value is -0.160. The van der Waals surface area contributed by atoms with Crippen LogP contribution < -0.4 is 0 Å². The molecule has 4 heteroatoms. The Morgan fingerprint density at radius 2 is 1.40 bits per heavy atom. The topological polar surface area (TPSA) is 24.9 Å². The lowest BCUT2D eigenvalue weighted by molar-refractivity contribution is -0.0153. The Morgan fingerprint density at radius 1 is 0.933 bits per heavy atom. The fraction of sp³-hybridized carbons (Fsp3) is 1.00. The van der Waals surface area contributed by atoms with Gasteiger partial charge in [-0.1, -0.05) is 13.8 Å². The van der Waals surface area contributed by atoms with E-state index in [-0.39, 0.29) is 0 Å². The van der Waals surface area contributed by atoms with E-state index in [1.807, 2.05) is 0 Å². The molecular weight excluding hydrogens is 192 g/mol. The van der Waals surface area contributed by atoms with Crippen molar-refractivity contribution < 1.29 is 9.47 Å². The highest BCUT2D eigenvalue weighted by Crippen LogP contribution is 2.18. The fourth-order valence-electron chi connectivity index (χ4n) is 2.33. The Labute approximate surface area is 92.1 Å². The van der Waals surface area contributed by atoms with Gasteiger partial charge >= 0.3 is 0 Å². The summed E-state index contributed by atoms with van der Waals surface area (Å²) in [5.41, 5.74) is 0. The first-order valence-corrected chi connectivity index (χ1v) is 5.98. The Kier molecular flexibility index (Phi) is 3.97. The maximum Gasteiger partial charge on any atom is 0.100 e. The van der Waals surface area contributed by atoms with Gasteiger partial charge < -0.3 is 9.47 Å². The Morgan fingerprint density at radius 3 is 1.80 bits per heavy atom. The van der Waals surface area contributed by atoms with Crippen LogP contribution in [0.2, 0.25) is 0 Å². The number of hydrogen-bond donors (Lipinski definition) is 0. The maximum absolute atomic E-state index is 5.73. The second-order valence-electron chi connectivity index (χ2n) is 4.44. The van der Waals surface area contributed by atoms with Crippen LogP contribution in [-0.2, 0) is 9.47 Å². The average molecular weight is 214 g/mol. The molecule has 15 heavy (non-hydrogen) atoms. The van der Waals surface area contributed by atoms with Crippen LogP contribution in [0.15, 0.2) is 0 Å². The first-order valence-electron chi connectivity index (χ1n) is 5.98. The van der Waals surface area contributed by atoms with E-state index < -0.39 is 0 Å². The molecule has 2 rings (SSSR count). The van der Waals surface area contributed by atoms with Crippen LogP contribution in [0.5, 0.6) is 0 Å². The highest BCUT2D eigenvalue weighted by molar-refractivity contribution is 4.77. The van der Waals surface area contributed by atoms with Crippen molar-refractivity contribution in [3.8, 4) is 0 Å². The summed E-state index contributed by atoms with van der Waals surface area (Å²) in [6.07, 6.45) is 2.27. The minimum absolute atomic E-state index is 0.519. The average Bonchev–Trinajstić information content (AvgIpc) is 2.58. The second kappa shape index (κ2) is 5.25. The third-order valence-corrected chi connectivity index (χ3v) is 3.47. The van der Waals surface area contributed by atoms with Gasteiger partial charge in [0.2, 0.25) is 0 Å². The molecule has 0 aromatic carbocycles. The molecule has 2 fully saturated rings. The largest absolute Gasteiger partial charge is 0.364 e. The van der Waals surface area contributed by atoms with Crippen molar-refractivity contribution in [2.45, 2.75) is 38.8 Å². The first kappa shape index (κ1) is 11.3. The number of ether oxygens (including phenoxy) is 2. The number of hydrogen-bond acceptors (Lipinski definition) is 4. The summed E-state index contributed by atoms with van der Waals surface area (Å²) in [7, 11) is 0. The van der Waals surface area contributed by atoms with Crippen molar-refractivity contribution in [3.05, 3.63) is 0 Å². The molecule has 0 aromatic rings.